The van der Waals surface area contributed by atoms with Crippen molar-refractivity contribution < 1.29 is 14.3 Å². The van der Waals surface area contributed by atoms with Gasteiger partial charge < -0.3 is 4.74 Å². The van der Waals surface area contributed by atoms with Crippen LogP contribution in [0.5, 0.6) is 5.75 Å². The monoisotopic (exact) mass is 378 g/mol. The number of hydrogen-bond acceptors (Lipinski definition) is 3. The molecule has 0 saturated carbocycles. The third-order valence-corrected chi connectivity index (χ3v) is 4.68. The van der Waals surface area contributed by atoms with E-state index in [1.54, 1.807) is 42.5 Å². The van der Waals surface area contributed by atoms with E-state index in [2.05, 4.69) is 6.58 Å². The minimum Gasteiger partial charge on any atom is -0.493 e. The number of unbranched alkanes of at least 4 members (excludes halogenated alkanes) is 7. The number of hydrogen-bond donors (Lipinski definition) is 0. The Morgan fingerprint density at radius 2 is 1.36 bits per heavy atom. The normalized spacial score (nSPS) is 10.4. The van der Waals surface area contributed by atoms with Crippen molar-refractivity contribution in [3.63, 3.8) is 0 Å². The van der Waals surface area contributed by atoms with Gasteiger partial charge in [0.15, 0.2) is 0 Å². The van der Waals surface area contributed by atoms with Gasteiger partial charge in [0.25, 0.3) is 0 Å². The lowest BCUT2D eigenvalue weighted by molar-refractivity contribution is 0.0814. The average molecular weight is 379 g/mol. The maximum absolute atomic E-state index is 12.6. The molecule has 3 heteroatoms. The number of Topliss-reactive ketones (excluding diaryl/α,β-unsaturated/α-hetero) is 2. The van der Waals surface area contributed by atoms with E-state index in [0.29, 0.717) is 23.5 Å². The van der Waals surface area contributed by atoms with Gasteiger partial charge in [0, 0.05) is 5.56 Å². The van der Waals surface area contributed by atoms with E-state index < -0.39 is 11.6 Å². The molecular weight excluding hydrogens is 348 g/mol. The lowest BCUT2D eigenvalue weighted by Gasteiger charge is -2.10. The first kappa shape index (κ1) is 21.6. The van der Waals surface area contributed by atoms with E-state index >= 15 is 0 Å². The number of ketones is 2. The molecule has 0 N–H and O–H groups in total. The first-order chi connectivity index (χ1) is 13.7. The molecule has 28 heavy (non-hydrogen) atoms. The Morgan fingerprint density at radius 3 is 2.07 bits per heavy atom. The van der Waals surface area contributed by atoms with Gasteiger partial charge in [-0.3, -0.25) is 9.59 Å². The summed E-state index contributed by atoms with van der Waals surface area (Å²) in [6.45, 7) is 4.30. The van der Waals surface area contributed by atoms with Gasteiger partial charge in [-0.25, -0.2) is 0 Å². The second-order valence-electron chi connectivity index (χ2n) is 6.92. The summed E-state index contributed by atoms with van der Waals surface area (Å²) in [6.07, 6.45) is 11.4. The van der Waals surface area contributed by atoms with Crippen molar-refractivity contribution in [3.8, 4) is 5.75 Å². The van der Waals surface area contributed by atoms with Gasteiger partial charge in [-0.05, 0) is 31.4 Å². The highest BCUT2D eigenvalue weighted by atomic mass is 16.5. The van der Waals surface area contributed by atoms with Gasteiger partial charge >= 0.3 is 0 Å². The van der Waals surface area contributed by atoms with Gasteiger partial charge in [0.2, 0.25) is 11.6 Å². The molecule has 2 rings (SSSR count). The fourth-order valence-electron chi connectivity index (χ4n) is 3.08. The van der Waals surface area contributed by atoms with Crippen LogP contribution in [-0.4, -0.2) is 18.2 Å². The molecule has 0 fully saturated rings. The van der Waals surface area contributed by atoms with Crippen molar-refractivity contribution in [3.05, 3.63) is 78.4 Å². The molecule has 0 atom stereocenters. The number of benzene rings is 2. The van der Waals surface area contributed by atoms with E-state index in [-0.39, 0.29) is 0 Å². The fraction of sp³-hybridized carbons (Fsp3) is 0.360. The minimum atomic E-state index is -0.527. The van der Waals surface area contributed by atoms with E-state index in [4.69, 9.17) is 4.74 Å². The van der Waals surface area contributed by atoms with E-state index in [1.165, 1.54) is 32.1 Å². The standard InChI is InChI=1S/C25H30O3/c1-2-3-4-5-6-7-8-9-15-20-28-23-19-14-13-18-22(23)25(27)24(26)21-16-11-10-12-17-21/h2,10-14,16-19H,1,3-9,15,20H2. The molecule has 0 spiro atoms. The van der Waals surface area contributed by atoms with Crippen LogP contribution >= 0.6 is 0 Å². The Balaban J connectivity index is 1.77. The molecule has 0 radical (unpaired) electrons. The number of carbonyl (C=O) groups is 2. The summed E-state index contributed by atoms with van der Waals surface area (Å²) in [5.74, 6) is -0.546. The molecule has 0 aromatic heterocycles. The summed E-state index contributed by atoms with van der Waals surface area (Å²) in [5, 5.41) is 0. The Morgan fingerprint density at radius 1 is 0.750 bits per heavy atom. The van der Waals surface area contributed by atoms with Gasteiger partial charge in [-0.2, -0.15) is 0 Å². The van der Waals surface area contributed by atoms with Crippen LogP contribution in [0.3, 0.4) is 0 Å². The Bertz CT molecular complexity index is 749. The van der Waals surface area contributed by atoms with Gasteiger partial charge in [-0.15, -0.1) is 6.58 Å². The summed E-state index contributed by atoms with van der Waals surface area (Å²) in [7, 11) is 0. The molecular formula is C25H30O3. The molecule has 0 bridgehead atoms. The highest BCUT2D eigenvalue weighted by Gasteiger charge is 2.21. The topological polar surface area (TPSA) is 43.4 Å². The zero-order chi connectivity index (χ0) is 20.0. The smallest absolute Gasteiger partial charge is 0.237 e. The summed E-state index contributed by atoms with van der Waals surface area (Å²) in [6, 6.07) is 15.6. The maximum Gasteiger partial charge on any atom is 0.237 e. The summed E-state index contributed by atoms with van der Waals surface area (Å²) >= 11 is 0. The van der Waals surface area contributed by atoms with Crippen LogP contribution in [0.1, 0.15) is 72.1 Å². The van der Waals surface area contributed by atoms with E-state index in [9.17, 15) is 9.59 Å². The number of allylic oxidation sites excluding steroid dienone is 1. The van der Waals surface area contributed by atoms with Crippen LogP contribution in [-0.2, 0) is 0 Å². The molecule has 3 nitrogen and oxygen atoms in total. The van der Waals surface area contributed by atoms with Gasteiger partial charge in [0.05, 0.1) is 12.2 Å². The molecule has 0 aliphatic heterocycles. The first-order valence-electron chi connectivity index (χ1n) is 10.2. The number of rotatable bonds is 14. The van der Waals surface area contributed by atoms with Crippen LogP contribution in [0, 0.1) is 0 Å². The number of ether oxygens (including phenoxy) is 1. The fourth-order valence-corrected chi connectivity index (χ4v) is 3.08. The number of carbonyl (C=O) groups excluding carboxylic acids is 2. The van der Waals surface area contributed by atoms with E-state index in [0.717, 1.165) is 19.3 Å². The second kappa shape index (κ2) is 12.7. The Labute approximate surface area is 168 Å². The zero-order valence-electron chi connectivity index (χ0n) is 16.6. The zero-order valence-corrected chi connectivity index (χ0v) is 16.6. The van der Waals surface area contributed by atoms with Crippen LogP contribution in [0.15, 0.2) is 67.3 Å². The second-order valence-corrected chi connectivity index (χ2v) is 6.92. The van der Waals surface area contributed by atoms with Crippen LogP contribution < -0.4 is 4.74 Å². The molecule has 2 aromatic rings. The molecule has 0 unspecified atom stereocenters. The lowest BCUT2D eigenvalue weighted by atomic mass is 10.0. The van der Waals surface area contributed by atoms with Crippen molar-refractivity contribution in [2.45, 2.75) is 51.4 Å². The minimum absolute atomic E-state index is 0.332. The maximum atomic E-state index is 12.6. The van der Waals surface area contributed by atoms with Crippen LogP contribution in [0.2, 0.25) is 0 Å². The van der Waals surface area contributed by atoms with Crippen molar-refractivity contribution >= 4 is 11.6 Å². The lowest BCUT2D eigenvalue weighted by Crippen LogP contribution is -2.16. The van der Waals surface area contributed by atoms with Gasteiger partial charge in [0.1, 0.15) is 5.75 Å². The molecule has 0 saturated heterocycles. The first-order valence-corrected chi connectivity index (χ1v) is 10.2. The molecule has 148 valence electrons. The van der Waals surface area contributed by atoms with Gasteiger partial charge in [-0.1, -0.05) is 80.6 Å². The third kappa shape index (κ3) is 7.15. The van der Waals surface area contributed by atoms with Crippen molar-refractivity contribution in [2.24, 2.45) is 0 Å². The summed E-state index contributed by atoms with van der Waals surface area (Å²) in [5.41, 5.74) is 0.731. The molecule has 0 aliphatic rings. The van der Waals surface area contributed by atoms with Crippen molar-refractivity contribution in [1.29, 1.82) is 0 Å². The van der Waals surface area contributed by atoms with Crippen molar-refractivity contribution in [2.75, 3.05) is 6.61 Å². The van der Waals surface area contributed by atoms with Crippen molar-refractivity contribution in [1.82, 2.24) is 0 Å². The predicted octanol–water partition coefficient (Wildman–Crippen LogP) is 6.44. The number of para-hydroxylation sites is 1. The molecule has 0 amide bonds. The third-order valence-electron chi connectivity index (χ3n) is 4.68. The Hall–Kier alpha value is -2.68. The molecule has 0 heterocycles. The summed E-state index contributed by atoms with van der Waals surface area (Å²) in [4.78, 5) is 25.0. The Kier molecular flexibility index (Phi) is 9.78. The largest absolute Gasteiger partial charge is 0.493 e. The quantitative estimate of drug-likeness (QED) is 0.164. The van der Waals surface area contributed by atoms with Crippen LogP contribution in [0.25, 0.3) is 0 Å². The van der Waals surface area contributed by atoms with Crippen LogP contribution in [0.4, 0.5) is 0 Å². The van der Waals surface area contributed by atoms with E-state index in [1.807, 2.05) is 18.2 Å². The summed E-state index contributed by atoms with van der Waals surface area (Å²) < 4.78 is 5.82. The highest BCUT2D eigenvalue weighted by Crippen LogP contribution is 2.21. The average Bonchev–Trinajstić information content (AvgIpc) is 2.75. The predicted molar refractivity (Wildman–Crippen MR) is 114 cm³/mol. The highest BCUT2D eigenvalue weighted by molar-refractivity contribution is 6.49. The molecule has 2 aromatic carbocycles. The SMILES string of the molecule is C=CCCCCCCCCCOc1ccccc1C(=O)C(=O)c1ccccc1. The molecule has 0 aliphatic carbocycles.